The van der Waals surface area contributed by atoms with Crippen molar-refractivity contribution >= 4 is 11.7 Å². The second-order valence-electron chi connectivity index (χ2n) is 5.77. The smallest absolute Gasteiger partial charge is 0.323 e. The number of nitrogens with zero attached hydrogens (tertiary/aromatic N) is 1. The van der Waals surface area contributed by atoms with E-state index in [1.807, 2.05) is 12.3 Å². The maximum atomic E-state index is 13.0. The normalized spacial score (nSPS) is 27.0. The minimum Gasteiger partial charge on any atom is -0.361 e. The van der Waals surface area contributed by atoms with Gasteiger partial charge in [0.2, 0.25) is 0 Å². The molecular weight excluding hydrogens is 283 g/mol. The van der Waals surface area contributed by atoms with Crippen LogP contribution in [0.1, 0.15) is 12.0 Å². The summed E-state index contributed by atoms with van der Waals surface area (Å²) in [4.78, 5) is 14.0. The van der Waals surface area contributed by atoms with Crippen LogP contribution in [0.5, 0.6) is 0 Å². The van der Waals surface area contributed by atoms with Crippen molar-refractivity contribution in [3.05, 3.63) is 53.5 Å². The van der Waals surface area contributed by atoms with Crippen molar-refractivity contribution in [3.8, 4) is 0 Å². The molecule has 2 atom stereocenters. The van der Waals surface area contributed by atoms with Crippen LogP contribution in [-0.4, -0.2) is 36.2 Å². The average Bonchev–Trinajstić information content (AvgIpc) is 3.15. The van der Waals surface area contributed by atoms with Gasteiger partial charge >= 0.3 is 6.03 Å². The lowest BCUT2D eigenvalue weighted by atomic mass is 10.1. The standard InChI is InChI=1S/C16H17FN4O/c17-12-3-1-10(2-4-12)14-7-11-9-21(13-5-6-18-8-13)16(22)20-15(11)19-14/h1-4,7,9,13,15,18-19H,5-6,8H2,(H,20,22). The first-order valence-electron chi connectivity index (χ1n) is 7.46. The largest absolute Gasteiger partial charge is 0.361 e. The number of amides is 2. The summed E-state index contributed by atoms with van der Waals surface area (Å²) in [5, 5.41) is 9.51. The number of nitrogens with one attached hydrogen (secondary N) is 3. The summed E-state index contributed by atoms with van der Waals surface area (Å²) in [5.74, 6) is -0.257. The molecule has 0 radical (unpaired) electrons. The summed E-state index contributed by atoms with van der Waals surface area (Å²) in [6.45, 7) is 1.76. The van der Waals surface area contributed by atoms with E-state index in [1.54, 1.807) is 17.0 Å². The van der Waals surface area contributed by atoms with Gasteiger partial charge in [-0.3, -0.25) is 4.90 Å². The molecule has 6 heteroatoms. The zero-order valence-electron chi connectivity index (χ0n) is 12.0. The Morgan fingerprint density at radius 2 is 2.00 bits per heavy atom. The van der Waals surface area contributed by atoms with E-state index in [2.05, 4.69) is 16.0 Å². The van der Waals surface area contributed by atoms with Crippen LogP contribution in [0.25, 0.3) is 5.70 Å². The Morgan fingerprint density at radius 3 is 2.73 bits per heavy atom. The molecule has 0 aromatic heterocycles. The molecule has 114 valence electrons. The Kier molecular flexibility index (Phi) is 3.11. The lowest BCUT2D eigenvalue weighted by Crippen LogP contribution is -2.54. The Balaban J connectivity index is 1.61. The van der Waals surface area contributed by atoms with Gasteiger partial charge in [0.25, 0.3) is 0 Å². The molecule has 5 nitrogen and oxygen atoms in total. The summed E-state index contributed by atoms with van der Waals surface area (Å²) in [5.41, 5.74) is 2.81. The van der Waals surface area contributed by atoms with Crippen molar-refractivity contribution in [1.29, 1.82) is 0 Å². The van der Waals surface area contributed by atoms with E-state index >= 15 is 0 Å². The summed E-state index contributed by atoms with van der Waals surface area (Å²) in [7, 11) is 0. The summed E-state index contributed by atoms with van der Waals surface area (Å²) < 4.78 is 13.0. The van der Waals surface area contributed by atoms with Crippen molar-refractivity contribution in [2.24, 2.45) is 0 Å². The summed E-state index contributed by atoms with van der Waals surface area (Å²) in [6.07, 6.45) is 4.68. The molecule has 0 saturated carbocycles. The fourth-order valence-corrected chi connectivity index (χ4v) is 3.12. The van der Waals surface area contributed by atoms with E-state index in [0.29, 0.717) is 0 Å². The Morgan fingerprint density at radius 1 is 1.18 bits per heavy atom. The first-order chi connectivity index (χ1) is 10.7. The number of halogens is 1. The number of urea groups is 1. The minimum absolute atomic E-state index is 0.0799. The number of rotatable bonds is 2. The van der Waals surface area contributed by atoms with Gasteiger partial charge in [-0.1, -0.05) is 12.1 Å². The van der Waals surface area contributed by atoms with Crippen LogP contribution >= 0.6 is 0 Å². The van der Waals surface area contributed by atoms with E-state index < -0.39 is 0 Å². The van der Waals surface area contributed by atoms with E-state index in [-0.39, 0.29) is 24.1 Å². The SMILES string of the molecule is O=C1NC2NC(c3ccc(F)cc3)=CC2=CN1C1CCNC1. The van der Waals surface area contributed by atoms with E-state index in [4.69, 9.17) is 0 Å². The molecule has 3 aliphatic heterocycles. The Bertz CT molecular complexity index is 661. The molecule has 22 heavy (non-hydrogen) atoms. The van der Waals surface area contributed by atoms with Crippen LogP contribution in [0, 0.1) is 5.82 Å². The first-order valence-corrected chi connectivity index (χ1v) is 7.46. The van der Waals surface area contributed by atoms with Crippen molar-refractivity contribution in [1.82, 2.24) is 20.9 Å². The van der Waals surface area contributed by atoms with Crippen LogP contribution in [-0.2, 0) is 0 Å². The lowest BCUT2D eigenvalue weighted by molar-refractivity contribution is 0.194. The highest BCUT2D eigenvalue weighted by Crippen LogP contribution is 2.27. The highest BCUT2D eigenvalue weighted by atomic mass is 19.1. The second kappa shape index (κ2) is 5.14. The van der Waals surface area contributed by atoms with Crippen molar-refractivity contribution in [3.63, 3.8) is 0 Å². The molecule has 1 aromatic carbocycles. The fraction of sp³-hybridized carbons (Fsp3) is 0.312. The average molecular weight is 300 g/mol. The predicted octanol–water partition coefficient (Wildman–Crippen LogP) is 1.37. The highest BCUT2D eigenvalue weighted by molar-refractivity contribution is 5.81. The van der Waals surface area contributed by atoms with Crippen LogP contribution < -0.4 is 16.0 Å². The zero-order valence-corrected chi connectivity index (χ0v) is 12.0. The lowest BCUT2D eigenvalue weighted by Gasteiger charge is -2.32. The van der Waals surface area contributed by atoms with Gasteiger partial charge in [-0.15, -0.1) is 0 Å². The Labute approximate surface area is 127 Å². The van der Waals surface area contributed by atoms with Gasteiger partial charge in [-0.2, -0.15) is 0 Å². The molecular formula is C16H17FN4O. The van der Waals surface area contributed by atoms with Gasteiger partial charge in [0.05, 0.1) is 6.04 Å². The number of carbonyl (C=O) groups is 1. The monoisotopic (exact) mass is 300 g/mol. The molecule has 0 spiro atoms. The number of carbonyl (C=O) groups excluding carboxylic acids is 1. The van der Waals surface area contributed by atoms with Crippen LogP contribution in [0.3, 0.4) is 0 Å². The third-order valence-electron chi connectivity index (χ3n) is 4.32. The maximum Gasteiger partial charge on any atom is 0.323 e. The van der Waals surface area contributed by atoms with Gasteiger partial charge in [0.15, 0.2) is 0 Å². The van der Waals surface area contributed by atoms with Gasteiger partial charge in [-0.05, 0) is 36.7 Å². The zero-order chi connectivity index (χ0) is 15.1. The van der Waals surface area contributed by atoms with Crippen LogP contribution in [0.15, 0.2) is 42.1 Å². The van der Waals surface area contributed by atoms with E-state index in [9.17, 15) is 9.18 Å². The quantitative estimate of drug-likeness (QED) is 0.773. The minimum atomic E-state index is -0.257. The third kappa shape index (κ3) is 2.25. The number of hydrogen-bond donors (Lipinski definition) is 3. The molecule has 3 heterocycles. The molecule has 3 aliphatic rings. The summed E-state index contributed by atoms with van der Waals surface area (Å²) in [6, 6.07) is 6.45. The fourth-order valence-electron chi connectivity index (χ4n) is 3.12. The van der Waals surface area contributed by atoms with E-state index in [1.165, 1.54) is 12.1 Å². The number of hydrogen-bond acceptors (Lipinski definition) is 3. The van der Waals surface area contributed by atoms with Crippen LogP contribution in [0.2, 0.25) is 0 Å². The second-order valence-corrected chi connectivity index (χ2v) is 5.77. The molecule has 4 rings (SSSR count). The molecule has 2 unspecified atom stereocenters. The van der Waals surface area contributed by atoms with Crippen molar-refractivity contribution in [2.75, 3.05) is 13.1 Å². The number of fused-ring (bicyclic) bond motifs is 1. The Hall–Kier alpha value is -2.34. The first kappa shape index (κ1) is 13.3. The maximum absolute atomic E-state index is 13.0. The van der Waals surface area contributed by atoms with Gasteiger partial charge in [0, 0.05) is 24.0 Å². The molecule has 1 saturated heterocycles. The van der Waals surface area contributed by atoms with Gasteiger partial charge in [-0.25, -0.2) is 9.18 Å². The number of benzene rings is 1. The third-order valence-corrected chi connectivity index (χ3v) is 4.32. The molecule has 3 N–H and O–H groups in total. The van der Waals surface area contributed by atoms with E-state index in [0.717, 1.165) is 36.3 Å². The predicted molar refractivity (Wildman–Crippen MR) is 81.0 cm³/mol. The summed E-state index contributed by atoms with van der Waals surface area (Å²) >= 11 is 0. The topological polar surface area (TPSA) is 56.4 Å². The van der Waals surface area contributed by atoms with Crippen molar-refractivity contribution < 1.29 is 9.18 Å². The van der Waals surface area contributed by atoms with Gasteiger partial charge in [0.1, 0.15) is 12.0 Å². The molecule has 1 fully saturated rings. The molecule has 2 amide bonds. The van der Waals surface area contributed by atoms with Crippen LogP contribution in [0.4, 0.5) is 9.18 Å². The molecule has 1 aromatic rings. The van der Waals surface area contributed by atoms with Crippen molar-refractivity contribution in [2.45, 2.75) is 18.6 Å². The molecule has 0 bridgehead atoms. The van der Waals surface area contributed by atoms with Gasteiger partial charge < -0.3 is 16.0 Å². The highest BCUT2D eigenvalue weighted by Gasteiger charge is 2.34. The molecule has 0 aliphatic carbocycles.